The number of aliphatic imine (C=N–C) groups is 1. The first-order chi connectivity index (χ1) is 11.6. The van der Waals surface area contributed by atoms with Crippen LogP contribution in [0.15, 0.2) is 28.4 Å². The molecule has 2 aliphatic heterocycles. The third-order valence-electron chi connectivity index (χ3n) is 4.89. The summed E-state index contributed by atoms with van der Waals surface area (Å²) in [5.74, 6) is -3.40. The number of benzene rings is 1. The molecule has 126 valence electrons. The molecular weight excluding hydrogens is 335 g/mol. The fourth-order valence-corrected chi connectivity index (χ4v) is 5.26. The lowest BCUT2D eigenvalue weighted by Crippen LogP contribution is -2.37. The van der Waals surface area contributed by atoms with E-state index in [1.165, 1.54) is 0 Å². The fraction of sp³-hybridized carbons (Fsp3) is 0.444. The molecular formula is C18H16F3NOS. The summed E-state index contributed by atoms with van der Waals surface area (Å²) in [6.45, 7) is 0. The number of carbonyl (C=O) groups is 1. The number of carbonyl (C=O) groups excluding carboxylic acids is 1. The van der Waals surface area contributed by atoms with Crippen molar-refractivity contribution in [1.82, 2.24) is 0 Å². The predicted octanol–water partition coefficient (Wildman–Crippen LogP) is 4.54. The second-order valence-electron chi connectivity index (χ2n) is 6.41. The van der Waals surface area contributed by atoms with E-state index in [9.17, 15) is 18.0 Å². The Morgan fingerprint density at radius 3 is 2.54 bits per heavy atom. The second kappa shape index (κ2) is 6.06. The van der Waals surface area contributed by atoms with Crippen molar-refractivity contribution in [1.29, 1.82) is 0 Å². The van der Waals surface area contributed by atoms with Crippen LogP contribution < -0.4 is 0 Å². The Morgan fingerprint density at radius 1 is 1.04 bits per heavy atom. The number of allylic oxidation sites excluding steroid dienone is 2. The second-order valence-corrected chi connectivity index (χ2v) is 7.66. The third-order valence-corrected chi connectivity index (χ3v) is 6.32. The molecule has 0 amide bonds. The Morgan fingerprint density at radius 2 is 1.79 bits per heavy atom. The zero-order chi connectivity index (χ0) is 16.8. The summed E-state index contributed by atoms with van der Waals surface area (Å²) in [5, 5.41) is -0.0937. The van der Waals surface area contributed by atoms with Gasteiger partial charge in [0.1, 0.15) is 0 Å². The number of hydrogen-bond acceptors (Lipinski definition) is 3. The zero-order valence-corrected chi connectivity index (χ0v) is 13.8. The average Bonchev–Trinajstić information content (AvgIpc) is 2.57. The van der Waals surface area contributed by atoms with Gasteiger partial charge in [-0.15, -0.1) is 0 Å². The summed E-state index contributed by atoms with van der Waals surface area (Å²) in [6.07, 6.45) is 3.75. The molecule has 0 saturated carbocycles. The summed E-state index contributed by atoms with van der Waals surface area (Å²) in [5.41, 5.74) is 2.67. The van der Waals surface area contributed by atoms with Gasteiger partial charge in [0.05, 0.1) is 5.25 Å². The molecule has 4 rings (SSSR count). The maximum atomic E-state index is 13.8. The molecule has 1 fully saturated rings. The minimum absolute atomic E-state index is 0.000338. The van der Waals surface area contributed by atoms with Crippen LogP contribution in [0.2, 0.25) is 0 Å². The van der Waals surface area contributed by atoms with Crippen LogP contribution in [-0.4, -0.2) is 22.5 Å². The van der Waals surface area contributed by atoms with Gasteiger partial charge in [-0.25, -0.2) is 13.2 Å². The molecule has 0 aromatic heterocycles. The molecule has 2 unspecified atom stereocenters. The van der Waals surface area contributed by atoms with Gasteiger partial charge in [-0.2, -0.15) is 11.8 Å². The van der Waals surface area contributed by atoms with Crippen LogP contribution in [0.25, 0.3) is 0 Å². The molecule has 1 aromatic carbocycles. The van der Waals surface area contributed by atoms with Gasteiger partial charge in [0.2, 0.25) is 0 Å². The topological polar surface area (TPSA) is 29.4 Å². The quantitative estimate of drug-likeness (QED) is 0.695. The number of fused-ring (bicyclic) bond motifs is 1. The van der Waals surface area contributed by atoms with Crippen molar-refractivity contribution in [2.45, 2.75) is 43.3 Å². The number of Topliss-reactive ketones (excluding diaryl/α,β-unsaturated/α-hetero) is 1. The molecule has 0 radical (unpaired) electrons. The predicted molar refractivity (Wildman–Crippen MR) is 87.9 cm³/mol. The van der Waals surface area contributed by atoms with Crippen LogP contribution in [-0.2, 0) is 4.79 Å². The van der Waals surface area contributed by atoms with E-state index in [2.05, 4.69) is 0 Å². The van der Waals surface area contributed by atoms with Crippen LogP contribution in [0, 0.1) is 17.5 Å². The number of halogens is 3. The van der Waals surface area contributed by atoms with Crippen molar-refractivity contribution < 1.29 is 18.0 Å². The highest BCUT2D eigenvalue weighted by Gasteiger charge is 2.41. The number of thioether (sulfide) groups is 1. The van der Waals surface area contributed by atoms with Crippen molar-refractivity contribution in [2.24, 2.45) is 4.99 Å². The van der Waals surface area contributed by atoms with Gasteiger partial charge in [-0.1, -0.05) is 0 Å². The first-order valence-electron chi connectivity index (χ1n) is 8.16. The van der Waals surface area contributed by atoms with E-state index in [0.717, 1.165) is 48.6 Å². The van der Waals surface area contributed by atoms with Crippen molar-refractivity contribution >= 4 is 23.3 Å². The van der Waals surface area contributed by atoms with Crippen LogP contribution in [0.3, 0.4) is 0 Å². The Bertz CT molecular complexity index is 763. The Kier molecular flexibility index (Phi) is 4.03. The Hall–Kier alpha value is -1.56. The molecule has 0 N–H and O–H groups in total. The highest BCUT2D eigenvalue weighted by molar-refractivity contribution is 8.00. The molecule has 0 spiro atoms. The summed E-state index contributed by atoms with van der Waals surface area (Å²) in [4.78, 5) is 17.2. The first kappa shape index (κ1) is 15.9. The van der Waals surface area contributed by atoms with E-state index < -0.39 is 23.4 Å². The zero-order valence-electron chi connectivity index (χ0n) is 12.9. The summed E-state index contributed by atoms with van der Waals surface area (Å²) < 4.78 is 40.9. The summed E-state index contributed by atoms with van der Waals surface area (Å²) in [6, 6.07) is 2.07. The van der Waals surface area contributed by atoms with E-state index in [-0.39, 0.29) is 11.0 Å². The largest absolute Gasteiger partial charge is 0.294 e. The van der Waals surface area contributed by atoms with Gasteiger partial charge in [-0.3, -0.25) is 9.79 Å². The van der Waals surface area contributed by atoms with E-state index in [1.807, 2.05) is 0 Å². The average molecular weight is 351 g/mol. The summed E-state index contributed by atoms with van der Waals surface area (Å²) >= 11 is 1.67. The Labute approximate surface area is 142 Å². The van der Waals surface area contributed by atoms with Gasteiger partial charge in [0.15, 0.2) is 23.2 Å². The number of ketones is 1. The molecule has 2 atom stereocenters. The number of rotatable bonds is 1. The maximum Gasteiger partial charge on any atom is 0.194 e. The van der Waals surface area contributed by atoms with E-state index in [1.54, 1.807) is 11.8 Å². The van der Waals surface area contributed by atoms with Gasteiger partial charge in [0, 0.05) is 29.3 Å². The van der Waals surface area contributed by atoms with Crippen molar-refractivity contribution in [3.63, 3.8) is 0 Å². The molecule has 2 heterocycles. The lowest BCUT2D eigenvalue weighted by Gasteiger charge is -2.38. The Balaban J connectivity index is 1.89. The molecule has 1 aliphatic carbocycles. The van der Waals surface area contributed by atoms with Crippen LogP contribution >= 0.6 is 11.8 Å². The highest BCUT2D eigenvalue weighted by atomic mass is 32.2. The maximum absolute atomic E-state index is 13.8. The smallest absolute Gasteiger partial charge is 0.194 e. The molecule has 1 saturated heterocycles. The molecule has 3 aliphatic rings. The fourth-order valence-electron chi connectivity index (χ4n) is 3.85. The molecule has 0 bridgehead atoms. The molecule has 2 nitrogen and oxygen atoms in total. The van der Waals surface area contributed by atoms with Crippen molar-refractivity contribution in [3.8, 4) is 0 Å². The van der Waals surface area contributed by atoms with Gasteiger partial charge < -0.3 is 0 Å². The van der Waals surface area contributed by atoms with Crippen LogP contribution in [0.5, 0.6) is 0 Å². The first-order valence-corrected chi connectivity index (χ1v) is 9.21. The van der Waals surface area contributed by atoms with Gasteiger partial charge in [-0.05, 0) is 49.1 Å². The minimum Gasteiger partial charge on any atom is -0.294 e. The SMILES string of the molecule is O=C1CCCC2=C1C(c1cc(F)c(F)c(F)c1)C1SCCCC1=N2. The minimum atomic E-state index is -1.47. The molecule has 24 heavy (non-hydrogen) atoms. The van der Waals surface area contributed by atoms with Crippen LogP contribution in [0.1, 0.15) is 43.6 Å². The van der Waals surface area contributed by atoms with E-state index >= 15 is 0 Å². The van der Waals surface area contributed by atoms with E-state index in [4.69, 9.17) is 4.99 Å². The summed E-state index contributed by atoms with van der Waals surface area (Å²) in [7, 11) is 0. The normalized spacial score (nSPS) is 26.8. The van der Waals surface area contributed by atoms with Crippen molar-refractivity contribution in [3.05, 3.63) is 46.4 Å². The van der Waals surface area contributed by atoms with E-state index in [0.29, 0.717) is 24.0 Å². The molecule has 1 aromatic rings. The number of hydrogen-bond donors (Lipinski definition) is 0. The van der Waals surface area contributed by atoms with Crippen molar-refractivity contribution in [2.75, 3.05) is 5.75 Å². The van der Waals surface area contributed by atoms with Gasteiger partial charge >= 0.3 is 0 Å². The monoisotopic (exact) mass is 351 g/mol. The number of nitrogens with zero attached hydrogens (tertiary/aromatic N) is 1. The van der Waals surface area contributed by atoms with Gasteiger partial charge in [0.25, 0.3) is 0 Å². The highest BCUT2D eigenvalue weighted by Crippen LogP contribution is 2.47. The molecule has 6 heteroatoms. The third kappa shape index (κ3) is 2.51. The lowest BCUT2D eigenvalue weighted by molar-refractivity contribution is -0.116. The lowest BCUT2D eigenvalue weighted by atomic mass is 9.76. The van der Waals surface area contributed by atoms with Crippen LogP contribution in [0.4, 0.5) is 13.2 Å². The standard InChI is InChI=1S/C18H16F3NOS/c19-10-7-9(8-11(20)17(10)21)15-16-12(3-1-5-14(16)23)22-13-4-2-6-24-18(13)15/h7-8,15,18H,1-6H2.